The highest BCUT2D eigenvalue weighted by Gasteiger charge is 2.18. The molecule has 0 radical (unpaired) electrons. The Bertz CT molecular complexity index is 415. The van der Waals surface area contributed by atoms with Crippen LogP contribution in [0.5, 0.6) is 11.5 Å². The summed E-state index contributed by atoms with van der Waals surface area (Å²) in [7, 11) is 3.17. The number of hydrogen-bond donors (Lipinski definition) is 1. The van der Waals surface area contributed by atoms with Gasteiger partial charge < -0.3 is 14.8 Å². The highest BCUT2D eigenvalue weighted by atomic mass is 16.5. The van der Waals surface area contributed by atoms with Crippen LogP contribution in [-0.4, -0.2) is 26.7 Å². The molecule has 0 bridgehead atoms. The van der Waals surface area contributed by atoms with Crippen molar-refractivity contribution in [3.63, 3.8) is 0 Å². The molecule has 16 heavy (non-hydrogen) atoms. The summed E-state index contributed by atoms with van der Waals surface area (Å²) < 4.78 is 10.4. The van der Waals surface area contributed by atoms with Crippen molar-refractivity contribution in [1.82, 2.24) is 5.32 Å². The van der Waals surface area contributed by atoms with E-state index in [0.29, 0.717) is 17.1 Å². The summed E-state index contributed by atoms with van der Waals surface area (Å²) in [6.07, 6.45) is 1.84. The van der Waals surface area contributed by atoms with Crippen LogP contribution in [0.15, 0.2) is 12.1 Å². The first-order valence-corrected chi connectivity index (χ1v) is 5.29. The molecule has 0 saturated heterocycles. The van der Waals surface area contributed by atoms with Crippen molar-refractivity contribution in [2.75, 3.05) is 20.8 Å². The normalized spacial score (nSPS) is 14.8. The van der Waals surface area contributed by atoms with E-state index in [1.807, 2.05) is 6.07 Å². The Hall–Kier alpha value is -1.71. The zero-order valence-electron chi connectivity index (χ0n) is 9.50. The first-order valence-electron chi connectivity index (χ1n) is 5.29. The van der Waals surface area contributed by atoms with Crippen molar-refractivity contribution in [3.8, 4) is 11.5 Å². The molecule has 0 atom stereocenters. The van der Waals surface area contributed by atoms with Crippen molar-refractivity contribution in [2.45, 2.75) is 12.8 Å². The highest BCUT2D eigenvalue weighted by molar-refractivity contribution is 5.96. The first kappa shape index (κ1) is 10.8. The molecule has 1 aromatic rings. The second kappa shape index (κ2) is 4.43. The summed E-state index contributed by atoms with van der Waals surface area (Å²) in [5.41, 5.74) is 1.71. The van der Waals surface area contributed by atoms with E-state index in [0.717, 1.165) is 24.9 Å². The summed E-state index contributed by atoms with van der Waals surface area (Å²) in [6, 6.07) is 3.63. The van der Waals surface area contributed by atoms with Crippen LogP contribution in [-0.2, 0) is 6.42 Å². The fourth-order valence-electron chi connectivity index (χ4n) is 1.92. The number of nitrogens with one attached hydrogen (secondary N) is 1. The number of benzene rings is 1. The van der Waals surface area contributed by atoms with Crippen LogP contribution in [0, 0.1) is 0 Å². The number of ether oxygens (including phenoxy) is 2. The van der Waals surface area contributed by atoms with Gasteiger partial charge in [-0.1, -0.05) is 0 Å². The van der Waals surface area contributed by atoms with Gasteiger partial charge in [-0.2, -0.15) is 0 Å². The van der Waals surface area contributed by atoms with Gasteiger partial charge in [0, 0.05) is 12.1 Å². The van der Waals surface area contributed by atoms with Gasteiger partial charge in [-0.3, -0.25) is 4.79 Å². The zero-order chi connectivity index (χ0) is 11.5. The minimum atomic E-state index is -0.0338. The Morgan fingerprint density at radius 2 is 1.88 bits per heavy atom. The number of carbonyl (C=O) groups is 1. The number of amides is 1. The molecule has 0 fully saturated rings. The van der Waals surface area contributed by atoms with Crippen LogP contribution in [0.1, 0.15) is 22.3 Å². The summed E-state index contributed by atoms with van der Waals surface area (Å²) in [6.45, 7) is 0.720. The summed E-state index contributed by atoms with van der Waals surface area (Å²) in [5.74, 6) is 1.24. The van der Waals surface area contributed by atoms with Gasteiger partial charge in [-0.15, -0.1) is 0 Å². The van der Waals surface area contributed by atoms with E-state index in [-0.39, 0.29) is 5.91 Å². The zero-order valence-corrected chi connectivity index (χ0v) is 9.50. The molecule has 1 N–H and O–H groups in total. The number of fused-ring (bicyclic) bond motifs is 1. The molecule has 86 valence electrons. The Morgan fingerprint density at radius 1 is 1.19 bits per heavy atom. The van der Waals surface area contributed by atoms with Crippen LogP contribution in [0.25, 0.3) is 0 Å². The van der Waals surface area contributed by atoms with E-state index < -0.39 is 0 Å². The lowest BCUT2D eigenvalue weighted by molar-refractivity contribution is 0.0955. The van der Waals surface area contributed by atoms with Gasteiger partial charge in [0.05, 0.1) is 14.2 Å². The maximum Gasteiger partial charge on any atom is 0.251 e. The van der Waals surface area contributed by atoms with Crippen LogP contribution in [0.3, 0.4) is 0 Å². The van der Waals surface area contributed by atoms with Gasteiger partial charge in [0.15, 0.2) is 11.5 Å². The average Bonchev–Trinajstić information content (AvgIpc) is 2.49. The third kappa shape index (κ3) is 1.83. The number of rotatable bonds is 2. The molecule has 4 heteroatoms. The van der Waals surface area contributed by atoms with Crippen LogP contribution < -0.4 is 14.8 Å². The van der Waals surface area contributed by atoms with Gasteiger partial charge in [-0.25, -0.2) is 0 Å². The first-order chi connectivity index (χ1) is 7.76. The molecule has 2 rings (SSSR count). The lowest BCUT2D eigenvalue weighted by atomic mass is 10.0. The smallest absolute Gasteiger partial charge is 0.251 e. The second-order valence-electron chi connectivity index (χ2n) is 3.72. The maximum absolute atomic E-state index is 11.8. The molecule has 0 spiro atoms. The summed E-state index contributed by atoms with van der Waals surface area (Å²) in [5, 5.41) is 2.85. The molecule has 0 aromatic heterocycles. The van der Waals surface area contributed by atoms with Crippen molar-refractivity contribution in [2.24, 2.45) is 0 Å². The number of hydrogen-bond acceptors (Lipinski definition) is 3. The molecule has 1 heterocycles. The Kier molecular flexibility index (Phi) is 2.99. The lowest BCUT2D eigenvalue weighted by Crippen LogP contribution is -2.22. The number of carbonyl (C=O) groups excluding carboxylic acids is 1. The quantitative estimate of drug-likeness (QED) is 0.820. The van der Waals surface area contributed by atoms with E-state index in [1.54, 1.807) is 20.3 Å². The third-order valence-corrected chi connectivity index (χ3v) is 2.76. The van der Waals surface area contributed by atoms with Crippen molar-refractivity contribution >= 4 is 5.91 Å². The number of aryl methyl sites for hydroxylation is 1. The topological polar surface area (TPSA) is 47.6 Å². The van der Waals surface area contributed by atoms with Crippen LogP contribution in [0.2, 0.25) is 0 Å². The molecular formula is C12H15NO3. The summed E-state index contributed by atoms with van der Waals surface area (Å²) >= 11 is 0. The predicted octanol–water partition coefficient (Wildman–Crippen LogP) is 1.38. The van der Waals surface area contributed by atoms with Crippen molar-refractivity contribution in [3.05, 3.63) is 23.3 Å². The van der Waals surface area contributed by atoms with Crippen LogP contribution >= 0.6 is 0 Å². The molecule has 1 amide bonds. The molecule has 0 aliphatic carbocycles. The monoisotopic (exact) mass is 221 g/mol. The van der Waals surface area contributed by atoms with Crippen LogP contribution in [0.4, 0.5) is 0 Å². The van der Waals surface area contributed by atoms with E-state index in [1.165, 1.54) is 0 Å². The predicted molar refractivity (Wildman–Crippen MR) is 60.2 cm³/mol. The molecule has 1 aromatic carbocycles. The maximum atomic E-state index is 11.8. The Labute approximate surface area is 94.6 Å². The summed E-state index contributed by atoms with van der Waals surface area (Å²) in [4.78, 5) is 11.8. The molecule has 1 aliphatic rings. The SMILES string of the molecule is COc1cc2c(cc1OC)C(=O)NCCC2. The molecule has 1 aliphatic heterocycles. The minimum Gasteiger partial charge on any atom is -0.493 e. The molecule has 0 unspecified atom stereocenters. The van der Waals surface area contributed by atoms with Gasteiger partial charge in [0.2, 0.25) is 0 Å². The van der Waals surface area contributed by atoms with Crippen molar-refractivity contribution < 1.29 is 14.3 Å². The minimum absolute atomic E-state index is 0.0338. The molecule has 0 saturated carbocycles. The Balaban J connectivity index is 2.51. The molecular weight excluding hydrogens is 206 g/mol. The average molecular weight is 221 g/mol. The van der Waals surface area contributed by atoms with Gasteiger partial charge in [0.1, 0.15) is 0 Å². The number of methoxy groups -OCH3 is 2. The molecule has 4 nitrogen and oxygen atoms in total. The second-order valence-corrected chi connectivity index (χ2v) is 3.72. The largest absolute Gasteiger partial charge is 0.493 e. The van der Waals surface area contributed by atoms with Gasteiger partial charge in [0.25, 0.3) is 5.91 Å². The van der Waals surface area contributed by atoms with E-state index in [2.05, 4.69) is 5.32 Å². The van der Waals surface area contributed by atoms with E-state index >= 15 is 0 Å². The van der Waals surface area contributed by atoms with E-state index in [4.69, 9.17) is 9.47 Å². The fraction of sp³-hybridized carbons (Fsp3) is 0.417. The fourth-order valence-corrected chi connectivity index (χ4v) is 1.92. The van der Waals surface area contributed by atoms with Gasteiger partial charge in [-0.05, 0) is 30.5 Å². The Morgan fingerprint density at radius 3 is 2.56 bits per heavy atom. The van der Waals surface area contributed by atoms with Crippen molar-refractivity contribution in [1.29, 1.82) is 0 Å². The highest BCUT2D eigenvalue weighted by Crippen LogP contribution is 2.31. The standard InChI is InChI=1S/C12H15NO3/c1-15-10-6-8-4-3-5-13-12(14)9(8)7-11(10)16-2/h6-7H,3-5H2,1-2H3,(H,13,14). The lowest BCUT2D eigenvalue weighted by Gasteiger charge is -2.11. The third-order valence-electron chi connectivity index (χ3n) is 2.76. The van der Waals surface area contributed by atoms with Gasteiger partial charge >= 0.3 is 0 Å². The van der Waals surface area contributed by atoms with E-state index in [9.17, 15) is 4.79 Å².